The number of piperidine rings is 1. The van der Waals surface area contributed by atoms with Gasteiger partial charge in [-0.1, -0.05) is 30.7 Å². The highest BCUT2D eigenvalue weighted by molar-refractivity contribution is 6.30. The molecule has 4 rings (SSSR count). The zero-order valence-corrected chi connectivity index (χ0v) is 25.4. The van der Waals surface area contributed by atoms with Crippen molar-refractivity contribution in [2.45, 2.75) is 70.9 Å². The monoisotopic (exact) mass is 607 g/mol. The van der Waals surface area contributed by atoms with Crippen LogP contribution in [0.25, 0.3) is 0 Å². The molecule has 0 spiro atoms. The van der Waals surface area contributed by atoms with Crippen LogP contribution in [0.5, 0.6) is 5.75 Å². The number of aromatic nitrogens is 2. The minimum Gasteiger partial charge on any atom is -0.494 e. The molecule has 3 heterocycles. The van der Waals surface area contributed by atoms with Crippen molar-refractivity contribution in [2.75, 3.05) is 37.7 Å². The normalized spacial score (nSPS) is 18.8. The SMILES string of the molecule is C[C@H](CCOc1ccc([C@H](NC(=O)OC(C)(C)C)C(=O)N2CCC(F)(F)C2)cc1)C1CCN(c2ncc(Cl)cn2)CC1. The first-order chi connectivity index (χ1) is 19.8. The first-order valence-electron chi connectivity index (χ1n) is 14.4. The Balaban J connectivity index is 1.29. The highest BCUT2D eigenvalue weighted by atomic mass is 35.5. The van der Waals surface area contributed by atoms with E-state index in [1.807, 2.05) is 0 Å². The fourth-order valence-electron chi connectivity index (χ4n) is 5.31. The summed E-state index contributed by atoms with van der Waals surface area (Å²) in [6, 6.07) is 5.62. The highest BCUT2D eigenvalue weighted by Crippen LogP contribution is 2.31. The Kier molecular flexibility index (Phi) is 10.1. The van der Waals surface area contributed by atoms with Crippen molar-refractivity contribution < 1.29 is 27.8 Å². The van der Waals surface area contributed by atoms with E-state index in [9.17, 15) is 18.4 Å². The molecule has 2 aliphatic heterocycles. The number of likely N-dealkylation sites (tertiary alicyclic amines) is 1. The molecule has 2 atom stereocenters. The van der Waals surface area contributed by atoms with E-state index in [2.05, 4.69) is 27.1 Å². The number of carbonyl (C=O) groups excluding carboxylic acids is 2. The van der Waals surface area contributed by atoms with Gasteiger partial charge in [0.05, 0.1) is 30.6 Å². The first-order valence-corrected chi connectivity index (χ1v) is 14.8. The van der Waals surface area contributed by atoms with Crippen LogP contribution in [-0.4, -0.2) is 71.2 Å². The zero-order valence-electron chi connectivity index (χ0n) is 24.6. The number of alkyl carbamates (subject to hydrolysis) is 1. The van der Waals surface area contributed by atoms with E-state index in [0.717, 1.165) is 37.3 Å². The van der Waals surface area contributed by atoms with Crippen LogP contribution in [0.4, 0.5) is 19.5 Å². The number of ether oxygens (including phenoxy) is 2. The fourth-order valence-corrected chi connectivity index (χ4v) is 5.41. The number of rotatable bonds is 9. The van der Waals surface area contributed by atoms with Gasteiger partial charge in [-0.15, -0.1) is 0 Å². The van der Waals surface area contributed by atoms with Crippen LogP contribution in [0.15, 0.2) is 36.7 Å². The summed E-state index contributed by atoms with van der Waals surface area (Å²) in [7, 11) is 0. The highest BCUT2D eigenvalue weighted by Gasteiger charge is 2.42. The van der Waals surface area contributed by atoms with Gasteiger partial charge in [-0.05, 0) is 69.6 Å². The maximum absolute atomic E-state index is 13.8. The van der Waals surface area contributed by atoms with Crippen molar-refractivity contribution >= 4 is 29.5 Å². The molecule has 0 bridgehead atoms. The standard InChI is InChI=1S/C30H40ClF2N5O4/c1-20(21-9-13-37(14-10-21)27-34-17-23(31)18-35-27)11-16-41-24-7-5-22(6-8-24)25(36-28(40)42-29(2,3)4)26(39)38-15-12-30(32,33)19-38/h5-8,17-18,20-21,25H,9-16,19H2,1-4H3,(H,36,40)/t20-,25+/m1/s1. The van der Waals surface area contributed by atoms with Crippen LogP contribution >= 0.6 is 11.6 Å². The fraction of sp³-hybridized carbons (Fsp3) is 0.600. The Bertz CT molecular complexity index is 1200. The molecule has 12 heteroatoms. The molecule has 0 unspecified atom stereocenters. The quantitative estimate of drug-likeness (QED) is 0.380. The Morgan fingerprint density at radius 3 is 2.33 bits per heavy atom. The number of hydrogen-bond donors (Lipinski definition) is 1. The van der Waals surface area contributed by atoms with Crippen molar-refractivity contribution in [3.63, 3.8) is 0 Å². The summed E-state index contributed by atoms with van der Waals surface area (Å²) in [6.45, 7) is 8.92. The lowest BCUT2D eigenvalue weighted by atomic mass is 9.84. The number of nitrogens with zero attached hydrogens (tertiary/aromatic N) is 4. The minimum absolute atomic E-state index is 0.0777. The third-order valence-corrected chi connectivity index (χ3v) is 7.87. The number of alkyl halides is 2. The molecule has 2 amide bonds. The van der Waals surface area contributed by atoms with E-state index in [1.54, 1.807) is 57.4 Å². The first kappa shape index (κ1) is 31.7. The molecule has 1 N–H and O–H groups in total. The lowest BCUT2D eigenvalue weighted by Gasteiger charge is -2.34. The Hall–Kier alpha value is -3.21. The lowest BCUT2D eigenvalue weighted by molar-refractivity contribution is -0.134. The van der Waals surface area contributed by atoms with E-state index in [4.69, 9.17) is 21.1 Å². The summed E-state index contributed by atoms with van der Waals surface area (Å²) in [4.78, 5) is 37.6. The van der Waals surface area contributed by atoms with E-state index in [-0.39, 0.29) is 6.54 Å². The predicted octanol–water partition coefficient (Wildman–Crippen LogP) is 5.89. The Labute approximate surface area is 250 Å². The van der Waals surface area contributed by atoms with E-state index < -0.39 is 42.5 Å². The lowest BCUT2D eigenvalue weighted by Crippen LogP contribution is -2.44. The average molecular weight is 608 g/mol. The molecule has 230 valence electrons. The van der Waals surface area contributed by atoms with Gasteiger partial charge in [0.1, 0.15) is 17.4 Å². The maximum atomic E-state index is 13.8. The summed E-state index contributed by atoms with van der Waals surface area (Å²) < 4.78 is 38.9. The number of hydrogen-bond acceptors (Lipinski definition) is 7. The molecular formula is C30H40ClF2N5O4. The van der Waals surface area contributed by atoms with Crippen molar-refractivity contribution in [1.29, 1.82) is 0 Å². The van der Waals surface area contributed by atoms with Crippen LogP contribution in [0, 0.1) is 11.8 Å². The molecule has 1 aromatic heterocycles. The second-order valence-electron chi connectivity index (χ2n) is 12.2. The number of amides is 2. The summed E-state index contributed by atoms with van der Waals surface area (Å²) >= 11 is 5.90. The van der Waals surface area contributed by atoms with Crippen LogP contribution in [0.1, 0.15) is 65.0 Å². The summed E-state index contributed by atoms with van der Waals surface area (Å²) in [5.41, 5.74) is -0.326. The van der Waals surface area contributed by atoms with Crippen LogP contribution < -0.4 is 15.0 Å². The summed E-state index contributed by atoms with van der Waals surface area (Å²) in [5, 5.41) is 3.09. The Morgan fingerprint density at radius 1 is 1.12 bits per heavy atom. The van der Waals surface area contributed by atoms with Gasteiger partial charge in [-0.2, -0.15) is 0 Å². The third-order valence-electron chi connectivity index (χ3n) is 7.68. The minimum atomic E-state index is -2.94. The number of nitrogens with one attached hydrogen (secondary N) is 1. The van der Waals surface area contributed by atoms with E-state index >= 15 is 0 Å². The topological polar surface area (TPSA) is 96.9 Å². The molecule has 2 fully saturated rings. The van der Waals surface area contributed by atoms with Gasteiger partial charge < -0.3 is 24.6 Å². The van der Waals surface area contributed by atoms with Gasteiger partial charge in [0.2, 0.25) is 11.9 Å². The number of anilines is 1. The zero-order chi connectivity index (χ0) is 30.5. The van der Waals surface area contributed by atoms with Gasteiger partial charge in [0.25, 0.3) is 5.92 Å². The number of halogens is 3. The second-order valence-corrected chi connectivity index (χ2v) is 12.6. The molecule has 9 nitrogen and oxygen atoms in total. The van der Waals surface area contributed by atoms with Gasteiger partial charge in [0, 0.05) is 26.1 Å². The number of benzene rings is 1. The largest absolute Gasteiger partial charge is 0.494 e. The average Bonchev–Trinajstić information content (AvgIpc) is 3.31. The van der Waals surface area contributed by atoms with Gasteiger partial charge in [0.15, 0.2) is 0 Å². The smallest absolute Gasteiger partial charge is 0.408 e. The van der Waals surface area contributed by atoms with Gasteiger partial charge in [-0.3, -0.25) is 4.79 Å². The summed E-state index contributed by atoms with van der Waals surface area (Å²) in [5.74, 6) is -1.17. The van der Waals surface area contributed by atoms with Gasteiger partial charge in [-0.25, -0.2) is 23.5 Å². The molecule has 1 aromatic carbocycles. The molecule has 42 heavy (non-hydrogen) atoms. The molecule has 2 saturated heterocycles. The van der Waals surface area contributed by atoms with Crippen LogP contribution in [-0.2, 0) is 9.53 Å². The predicted molar refractivity (Wildman–Crippen MR) is 156 cm³/mol. The van der Waals surface area contributed by atoms with E-state index in [0.29, 0.717) is 40.7 Å². The van der Waals surface area contributed by atoms with Crippen molar-refractivity contribution in [2.24, 2.45) is 11.8 Å². The molecule has 0 radical (unpaired) electrons. The molecule has 2 aliphatic rings. The van der Waals surface area contributed by atoms with Crippen LogP contribution in [0.3, 0.4) is 0 Å². The van der Waals surface area contributed by atoms with E-state index in [1.165, 1.54) is 0 Å². The van der Waals surface area contributed by atoms with Gasteiger partial charge >= 0.3 is 6.09 Å². The van der Waals surface area contributed by atoms with Crippen molar-refractivity contribution in [1.82, 2.24) is 20.2 Å². The molecular weight excluding hydrogens is 568 g/mol. The molecule has 2 aromatic rings. The second kappa shape index (κ2) is 13.4. The Morgan fingerprint density at radius 2 is 1.76 bits per heavy atom. The van der Waals surface area contributed by atoms with Crippen molar-refractivity contribution in [3.05, 3.63) is 47.2 Å². The number of carbonyl (C=O) groups is 2. The summed E-state index contributed by atoms with van der Waals surface area (Å²) in [6.07, 6.45) is 5.01. The third kappa shape index (κ3) is 8.89. The molecule has 0 aliphatic carbocycles. The van der Waals surface area contributed by atoms with Crippen molar-refractivity contribution in [3.8, 4) is 5.75 Å². The maximum Gasteiger partial charge on any atom is 0.408 e. The van der Waals surface area contributed by atoms with Crippen LogP contribution in [0.2, 0.25) is 5.02 Å². The molecule has 0 saturated carbocycles.